The molecule has 0 aliphatic rings. The highest BCUT2D eigenvalue weighted by atomic mass is 35.5. The highest BCUT2D eigenvalue weighted by Crippen LogP contribution is 2.25. The molecule has 0 aliphatic heterocycles. The van der Waals surface area contributed by atoms with E-state index in [1.165, 1.54) is 24.3 Å². The molecule has 0 heterocycles. The summed E-state index contributed by atoms with van der Waals surface area (Å²) in [5.74, 6) is -1.77. The standard InChI is InChI=1S/C15H10Cl2FNO3/c16-10-3-6-12(17)13(7-10)19-14(20)8-22-15(21)9-1-4-11(18)5-2-9/h1-7H,8H2,(H,19,20). The second-order valence-corrected chi connectivity index (χ2v) is 5.10. The zero-order valence-electron chi connectivity index (χ0n) is 11.1. The first-order valence-corrected chi connectivity index (χ1v) is 6.89. The molecular weight excluding hydrogens is 332 g/mol. The Labute approximate surface area is 135 Å². The van der Waals surface area contributed by atoms with Gasteiger partial charge in [0.2, 0.25) is 0 Å². The molecule has 1 amide bonds. The maximum atomic E-state index is 12.7. The maximum Gasteiger partial charge on any atom is 0.338 e. The average Bonchev–Trinajstić information content (AvgIpc) is 2.49. The summed E-state index contributed by atoms with van der Waals surface area (Å²) in [5, 5.41) is 3.19. The largest absolute Gasteiger partial charge is 0.452 e. The second kappa shape index (κ2) is 7.24. The normalized spacial score (nSPS) is 10.1. The van der Waals surface area contributed by atoms with Crippen molar-refractivity contribution < 1.29 is 18.7 Å². The quantitative estimate of drug-likeness (QED) is 0.857. The molecule has 0 bridgehead atoms. The number of carbonyl (C=O) groups is 2. The molecule has 2 aromatic rings. The van der Waals surface area contributed by atoms with Crippen molar-refractivity contribution >= 4 is 40.8 Å². The fraction of sp³-hybridized carbons (Fsp3) is 0.0667. The minimum Gasteiger partial charge on any atom is -0.452 e. The Kier molecular flexibility index (Phi) is 5.35. The third-order valence-electron chi connectivity index (χ3n) is 2.62. The van der Waals surface area contributed by atoms with Crippen LogP contribution in [0.25, 0.3) is 0 Å². The Balaban J connectivity index is 1.91. The van der Waals surface area contributed by atoms with Crippen molar-refractivity contribution in [2.24, 2.45) is 0 Å². The lowest BCUT2D eigenvalue weighted by Gasteiger charge is -2.08. The monoisotopic (exact) mass is 341 g/mol. The number of hydrogen-bond acceptors (Lipinski definition) is 3. The predicted octanol–water partition coefficient (Wildman–Crippen LogP) is 3.93. The molecule has 22 heavy (non-hydrogen) atoms. The van der Waals surface area contributed by atoms with Gasteiger partial charge in [-0.05, 0) is 42.5 Å². The predicted molar refractivity (Wildman–Crippen MR) is 81.8 cm³/mol. The number of ether oxygens (including phenoxy) is 1. The Morgan fingerprint density at radius 3 is 2.45 bits per heavy atom. The van der Waals surface area contributed by atoms with Crippen LogP contribution < -0.4 is 5.32 Å². The number of hydrogen-bond donors (Lipinski definition) is 1. The van der Waals surface area contributed by atoms with Gasteiger partial charge in [0, 0.05) is 5.02 Å². The molecule has 0 atom stereocenters. The zero-order valence-corrected chi connectivity index (χ0v) is 12.6. The van der Waals surface area contributed by atoms with E-state index >= 15 is 0 Å². The van der Waals surface area contributed by atoms with Crippen LogP contribution in [0.4, 0.5) is 10.1 Å². The van der Waals surface area contributed by atoms with Crippen LogP contribution in [0.1, 0.15) is 10.4 Å². The van der Waals surface area contributed by atoms with E-state index in [4.69, 9.17) is 27.9 Å². The van der Waals surface area contributed by atoms with Crippen molar-refractivity contribution in [3.63, 3.8) is 0 Å². The van der Waals surface area contributed by atoms with Crippen molar-refractivity contribution in [3.8, 4) is 0 Å². The summed E-state index contributed by atoms with van der Waals surface area (Å²) >= 11 is 11.7. The molecule has 1 N–H and O–H groups in total. The lowest BCUT2D eigenvalue weighted by atomic mass is 10.2. The zero-order chi connectivity index (χ0) is 16.1. The highest BCUT2D eigenvalue weighted by Gasteiger charge is 2.11. The van der Waals surface area contributed by atoms with Crippen LogP contribution in [0, 0.1) is 5.82 Å². The van der Waals surface area contributed by atoms with Gasteiger partial charge in [0.15, 0.2) is 6.61 Å². The molecule has 0 unspecified atom stereocenters. The molecule has 0 spiro atoms. The van der Waals surface area contributed by atoms with Crippen molar-refractivity contribution in [1.29, 1.82) is 0 Å². The van der Waals surface area contributed by atoms with Crippen LogP contribution >= 0.6 is 23.2 Å². The topological polar surface area (TPSA) is 55.4 Å². The van der Waals surface area contributed by atoms with E-state index < -0.39 is 24.3 Å². The number of rotatable bonds is 4. The third-order valence-corrected chi connectivity index (χ3v) is 3.18. The van der Waals surface area contributed by atoms with Crippen LogP contribution in [-0.2, 0) is 9.53 Å². The molecule has 0 fully saturated rings. The summed E-state index contributed by atoms with van der Waals surface area (Å²) in [7, 11) is 0. The van der Waals surface area contributed by atoms with E-state index in [9.17, 15) is 14.0 Å². The lowest BCUT2D eigenvalue weighted by Crippen LogP contribution is -2.21. The number of nitrogens with one attached hydrogen (secondary N) is 1. The van der Waals surface area contributed by atoms with Gasteiger partial charge in [-0.25, -0.2) is 9.18 Å². The Hall–Kier alpha value is -2.11. The van der Waals surface area contributed by atoms with E-state index in [0.717, 1.165) is 12.1 Å². The summed E-state index contributed by atoms with van der Waals surface area (Å²) in [6.45, 7) is -0.501. The summed E-state index contributed by atoms with van der Waals surface area (Å²) in [5.41, 5.74) is 0.465. The van der Waals surface area contributed by atoms with E-state index in [1.54, 1.807) is 6.07 Å². The fourth-order valence-corrected chi connectivity index (χ4v) is 1.92. The van der Waals surface area contributed by atoms with Crippen molar-refractivity contribution in [2.45, 2.75) is 0 Å². The molecule has 0 aliphatic carbocycles. The summed E-state index contributed by atoms with van der Waals surface area (Å²) < 4.78 is 17.6. The highest BCUT2D eigenvalue weighted by molar-refractivity contribution is 6.35. The number of carbonyl (C=O) groups excluding carboxylic acids is 2. The number of amides is 1. The molecule has 114 valence electrons. The molecule has 2 aromatic carbocycles. The lowest BCUT2D eigenvalue weighted by molar-refractivity contribution is -0.119. The Morgan fingerprint density at radius 1 is 1.09 bits per heavy atom. The Morgan fingerprint density at radius 2 is 1.77 bits per heavy atom. The maximum absolute atomic E-state index is 12.7. The average molecular weight is 342 g/mol. The molecule has 0 saturated carbocycles. The van der Waals surface area contributed by atoms with Gasteiger partial charge in [0.05, 0.1) is 16.3 Å². The van der Waals surface area contributed by atoms with Gasteiger partial charge in [0.1, 0.15) is 5.82 Å². The Bertz CT molecular complexity index is 704. The van der Waals surface area contributed by atoms with Crippen molar-refractivity contribution in [1.82, 2.24) is 0 Å². The van der Waals surface area contributed by atoms with Crippen LogP contribution in [0.5, 0.6) is 0 Å². The van der Waals surface area contributed by atoms with Gasteiger partial charge >= 0.3 is 5.97 Å². The number of benzene rings is 2. The van der Waals surface area contributed by atoms with E-state index in [2.05, 4.69) is 5.32 Å². The first kappa shape index (κ1) is 16.3. The first-order chi connectivity index (χ1) is 10.5. The van der Waals surface area contributed by atoms with Gasteiger partial charge in [-0.3, -0.25) is 4.79 Å². The van der Waals surface area contributed by atoms with Crippen LogP contribution in [-0.4, -0.2) is 18.5 Å². The summed E-state index contributed by atoms with van der Waals surface area (Å²) in [6, 6.07) is 9.37. The molecule has 7 heteroatoms. The fourth-order valence-electron chi connectivity index (χ4n) is 1.58. The summed E-state index contributed by atoms with van der Waals surface area (Å²) in [6.07, 6.45) is 0. The van der Waals surface area contributed by atoms with Crippen LogP contribution in [0.15, 0.2) is 42.5 Å². The third kappa shape index (κ3) is 4.44. The van der Waals surface area contributed by atoms with Gasteiger partial charge in [-0.15, -0.1) is 0 Å². The molecule has 0 aromatic heterocycles. The summed E-state index contributed by atoms with van der Waals surface area (Å²) in [4.78, 5) is 23.4. The van der Waals surface area contributed by atoms with E-state index in [0.29, 0.717) is 15.7 Å². The number of halogens is 3. The van der Waals surface area contributed by atoms with Crippen LogP contribution in [0.3, 0.4) is 0 Å². The second-order valence-electron chi connectivity index (χ2n) is 4.26. The number of esters is 1. The minimum absolute atomic E-state index is 0.148. The molecule has 2 rings (SSSR count). The van der Waals surface area contributed by atoms with E-state index in [-0.39, 0.29) is 5.56 Å². The van der Waals surface area contributed by atoms with Gasteiger partial charge < -0.3 is 10.1 Å². The van der Waals surface area contributed by atoms with Gasteiger partial charge in [0.25, 0.3) is 5.91 Å². The van der Waals surface area contributed by atoms with Gasteiger partial charge in [-0.2, -0.15) is 0 Å². The minimum atomic E-state index is -0.729. The van der Waals surface area contributed by atoms with Gasteiger partial charge in [-0.1, -0.05) is 23.2 Å². The molecule has 0 saturated heterocycles. The first-order valence-electron chi connectivity index (χ1n) is 6.13. The van der Waals surface area contributed by atoms with Crippen molar-refractivity contribution in [2.75, 3.05) is 11.9 Å². The molecule has 4 nitrogen and oxygen atoms in total. The smallest absolute Gasteiger partial charge is 0.338 e. The van der Waals surface area contributed by atoms with Crippen molar-refractivity contribution in [3.05, 3.63) is 63.9 Å². The SMILES string of the molecule is O=C(COC(=O)c1ccc(F)cc1)Nc1cc(Cl)ccc1Cl. The van der Waals surface area contributed by atoms with E-state index in [1.807, 2.05) is 0 Å². The molecular formula is C15H10Cl2FNO3. The molecule has 0 radical (unpaired) electrons. The van der Waals surface area contributed by atoms with Crippen LogP contribution in [0.2, 0.25) is 10.0 Å². The number of anilines is 1.